The fourth-order valence-electron chi connectivity index (χ4n) is 5.05. The standard InChI is InChI=1S/C30H39N3O6S/c1-30(2,3)39-29(35)32-19-20-33(40(36,37)26-14-8-5-9-15-26)25(21-32)18-17-24-13-10-16-27(24)31-28(34)38-22-23-11-6-4-7-12-23/h4-9,11-12,14-15,17-18,24-25,27H,10,13,16,19-22H2,1-3H3,(H,31,34)/b18-17+/t24-,25+,27+/m1/s1. The molecule has 40 heavy (non-hydrogen) atoms. The lowest BCUT2D eigenvalue weighted by Gasteiger charge is -2.39. The fourth-order valence-corrected chi connectivity index (χ4v) is 6.64. The number of amides is 2. The lowest BCUT2D eigenvalue weighted by Crippen LogP contribution is -2.56. The maximum absolute atomic E-state index is 13.6. The highest BCUT2D eigenvalue weighted by Crippen LogP contribution is 2.29. The van der Waals surface area contributed by atoms with Crippen molar-refractivity contribution in [1.29, 1.82) is 0 Å². The van der Waals surface area contributed by atoms with Crippen LogP contribution in [0.4, 0.5) is 9.59 Å². The van der Waals surface area contributed by atoms with Crippen LogP contribution >= 0.6 is 0 Å². The van der Waals surface area contributed by atoms with Gasteiger partial charge in [-0.1, -0.05) is 67.1 Å². The summed E-state index contributed by atoms with van der Waals surface area (Å²) in [7, 11) is -3.79. The van der Waals surface area contributed by atoms with Gasteiger partial charge in [-0.15, -0.1) is 0 Å². The first-order chi connectivity index (χ1) is 19.0. The summed E-state index contributed by atoms with van der Waals surface area (Å²) in [5.74, 6) is 0.0162. The number of nitrogens with zero attached hydrogens (tertiary/aromatic N) is 2. The summed E-state index contributed by atoms with van der Waals surface area (Å²) < 4.78 is 39.6. The zero-order valence-electron chi connectivity index (χ0n) is 23.4. The van der Waals surface area contributed by atoms with Crippen LogP contribution in [0.1, 0.15) is 45.6 Å². The van der Waals surface area contributed by atoms with E-state index in [4.69, 9.17) is 9.47 Å². The minimum atomic E-state index is -3.79. The molecule has 2 aliphatic rings. The topological polar surface area (TPSA) is 105 Å². The predicted molar refractivity (Wildman–Crippen MR) is 152 cm³/mol. The normalized spacial score (nSPS) is 22.3. The van der Waals surface area contributed by atoms with Crippen LogP contribution in [-0.4, -0.2) is 67.1 Å². The number of sulfonamides is 1. The van der Waals surface area contributed by atoms with Crippen molar-refractivity contribution in [3.63, 3.8) is 0 Å². The van der Waals surface area contributed by atoms with Gasteiger partial charge in [-0.2, -0.15) is 4.31 Å². The highest BCUT2D eigenvalue weighted by molar-refractivity contribution is 7.89. The number of alkyl carbamates (subject to hydrolysis) is 1. The molecule has 216 valence electrons. The number of nitrogens with one attached hydrogen (secondary N) is 1. The van der Waals surface area contributed by atoms with E-state index in [1.165, 1.54) is 4.31 Å². The third-order valence-corrected chi connectivity index (χ3v) is 8.97. The molecule has 0 aromatic heterocycles. The van der Waals surface area contributed by atoms with Crippen molar-refractivity contribution in [2.24, 2.45) is 5.92 Å². The Kier molecular flexibility index (Phi) is 9.52. The summed E-state index contributed by atoms with van der Waals surface area (Å²) in [4.78, 5) is 27.1. The van der Waals surface area contributed by atoms with Gasteiger partial charge in [-0.3, -0.25) is 0 Å². The minimum Gasteiger partial charge on any atom is -0.445 e. The van der Waals surface area contributed by atoms with Crippen LogP contribution in [0.25, 0.3) is 0 Å². The van der Waals surface area contributed by atoms with Gasteiger partial charge in [0.25, 0.3) is 0 Å². The lowest BCUT2D eigenvalue weighted by molar-refractivity contribution is 0.0158. The highest BCUT2D eigenvalue weighted by atomic mass is 32.2. The van der Waals surface area contributed by atoms with E-state index >= 15 is 0 Å². The Hall–Kier alpha value is -3.37. The van der Waals surface area contributed by atoms with E-state index in [0.29, 0.717) is 0 Å². The van der Waals surface area contributed by atoms with Crippen molar-refractivity contribution >= 4 is 22.2 Å². The number of hydrogen-bond donors (Lipinski definition) is 1. The van der Waals surface area contributed by atoms with E-state index in [9.17, 15) is 18.0 Å². The van der Waals surface area contributed by atoms with Gasteiger partial charge in [-0.25, -0.2) is 18.0 Å². The van der Waals surface area contributed by atoms with Gasteiger partial charge in [0.1, 0.15) is 12.2 Å². The van der Waals surface area contributed by atoms with Crippen molar-refractivity contribution in [2.75, 3.05) is 19.6 Å². The Morgan fingerprint density at radius 3 is 2.33 bits per heavy atom. The van der Waals surface area contributed by atoms with Crippen LogP contribution in [0.15, 0.2) is 77.7 Å². The maximum Gasteiger partial charge on any atom is 0.410 e. The Morgan fingerprint density at radius 1 is 0.975 bits per heavy atom. The van der Waals surface area contributed by atoms with Crippen LogP contribution in [0, 0.1) is 5.92 Å². The molecular formula is C30H39N3O6S. The van der Waals surface area contributed by atoms with Crippen molar-refractivity contribution in [3.8, 4) is 0 Å². The quantitative estimate of drug-likeness (QED) is 0.473. The Morgan fingerprint density at radius 2 is 1.65 bits per heavy atom. The van der Waals surface area contributed by atoms with E-state index in [2.05, 4.69) is 5.32 Å². The first-order valence-electron chi connectivity index (χ1n) is 13.7. The van der Waals surface area contributed by atoms with Gasteiger partial charge in [0.15, 0.2) is 0 Å². The molecule has 0 spiro atoms. The molecule has 1 aliphatic carbocycles. The number of piperazine rings is 1. The molecular weight excluding hydrogens is 530 g/mol. The highest BCUT2D eigenvalue weighted by Gasteiger charge is 2.38. The van der Waals surface area contributed by atoms with E-state index in [1.54, 1.807) is 56.0 Å². The molecule has 1 aliphatic heterocycles. The van der Waals surface area contributed by atoms with Gasteiger partial charge < -0.3 is 19.7 Å². The van der Waals surface area contributed by atoms with Gasteiger partial charge in [-0.05, 0) is 57.2 Å². The summed E-state index contributed by atoms with van der Waals surface area (Å²) >= 11 is 0. The molecule has 2 amide bonds. The van der Waals surface area contributed by atoms with E-state index in [-0.39, 0.29) is 43.1 Å². The van der Waals surface area contributed by atoms with Crippen LogP contribution in [0.2, 0.25) is 0 Å². The molecule has 2 aromatic carbocycles. The molecule has 2 aromatic rings. The van der Waals surface area contributed by atoms with E-state index < -0.39 is 33.9 Å². The molecule has 2 fully saturated rings. The second-order valence-corrected chi connectivity index (χ2v) is 13.1. The molecule has 1 N–H and O–H groups in total. The number of benzene rings is 2. The number of carbonyl (C=O) groups excluding carboxylic acids is 2. The SMILES string of the molecule is CC(C)(C)OC(=O)N1CCN(S(=O)(=O)c2ccccc2)[C@@H](/C=C/[C@H]2CCC[C@@H]2NC(=O)OCc2ccccc2)C1. The number of hydrogen-bond acceptors (Lipinski definition) is 6. The average Bonchev–Trinajstić information content (AvgIpc) is 3.37. The number of rotatable bonds is 7. The van der Waals surface area contributed by atoms with Crippen LogP contribution in [-0.2, 0) is 26.1 Å². The fraction of sp³-hybridized carbons (Fsp3) is 0.467. The van der Waals surface area contributed by atoms with Gasteiger partial charge >= 0.3 is 12.2 Å². The summed E-state index contributed by atoms with van der Waals surface area (Å²) in [6, 6.07) is 17.1. The molecule has 0 bridgehead atoms. The molecule has 1 saturated heterocycles. The van der Waals surface area contributed by atoms with Crippen molar-refractivity contribution < 1.29 is 27.5 Å². The summed E-state index contributed by atoms with van der Waals surface area (Å²) in [6.45, 7) is 6.13. The number of ether oxygens (including phenoxy) is 2. The van der Waals surface area contributed by atoms with E-state index in [1.807, 2.05) is 42.5 Å². The molecule has 0 unspecified atom stereocenters. The molecule has 4 rings (SSSR count). The summed E-state index contributed by atoms with van der Waals surface area (Å²) in [5, 5.41) is 2.98. The van der Waals surface area contributed by atoms with Crippen molar-refractivity contribution in [2.45, 2.75) is 69.2 Å². The molecule has 10 heteroatoms. The van der Waals surface area contributed by atoms with Crippen LogP contribution < -0.4 is 5.32 Å². The van der Waals surface area contributed by atoms with Crippen molar-refractivity contribution in [3.05, 3.63) is 78.4 Å². The lowest BCUT2D eigenvalue weighted by atomic mass is 10.0. The Bertz CT molecular complexity index is 1280. The van der Waals surface area contributed by atoms with E-state index in [0.717, 1.165) is 24.8 Å². The first-order valence-corrected chi connectivity index (χ1v) is 15.2. The zero-order valence-corrected chi connectivity index (χ0v) is 24.2. The molecule has 3 atom stereocenters. The summed E-state index contributed by atoms with van der Waals surface area (Å²) in [5.41, 5.74) is 0.250. The third-order valence-electron chi connectivity index (χ3n) is 7.04. The predicted octanol–water partition coefficient (Wildman–Crippen LogP) is 4.95. The zero-order chi connectivity index (χ0) is 28.8. The second kappa shape index (κ2) is 12.9. The number of carbonyl (C=O) groups is 2. The maximum atomic E-state index is 13.6. The second-order valence-electron chi connectivity index (χ2n) is 11.2. The van der Waals surface area contributed by atoms with Crippen molar-refractivity contribution in [1.82, 2.24) is 14.5 Å². The van der Waals surface area contributed by atoms with Crippen LogP contribution in [0.3, 0.4) is 0 Å². The Labute approximate surface area is 237 Å². The Balaban J connectivity index is 1.47. The first kappa shape index (κ1) is 29.6. The molecule has 0 radical (unpaired) electrons. The molecule has 9 nitrogen and oxygen atoms in total. The van der Waals surface area contributed by atoms with Gasteiger partial charge in [0, 0.05) is 25.7 Å². The summed E-state index contributed by atoms with van der Waals surface area (Å²) in [6.07, 6.45) is 5.48. The average molecular weight is 570 g/mol. The van der Waals surface area contributed by atoms with Gasteiger partial charge in [0.2, 0.25) is 10.0 Å². The smallest absolute Gasteiger partial charge is 0.410 e. The van der Waals surface area contributed by atoms with Gasteiger partial charge in [0.05, 0.1) is 10.9 Å². The minimum absolute atomic E-state index is 0.0162. The largest absolute Gasteiger partial charge is 0.445 e. The molecule has 1 saturated carbocycles. The van der Waals surface area contributed by atoms with Crippen LogP contribution in [0.5, 0.6) is 0 Å². The molecule has 1 heterocycles. The third kappa shape index (κ3) is 7.85. The monoisotopic (exact) mass is 569 g/mol.